The fraction of sp³-hybridized carbons (Fsp3) is 0. The highest BCUT2D eigenvalue weighted by Crippen LogP contribution is 2.22. The summed E-state index contributed by atoms with van der Waals surface area (Å²) in [6.07, 6.45) is 1.92. The Morgan fingerprint density at radius 3 is 3.10 bits per heavy atom. The summed E-state index contributed by atoms with van der Waals surface area (Å²) < 4.78 is 6.65. The second-order valence-electron chi connectivity index (χ2n) is 1.98. The van der Waals surface area contributed by atoms with Crippen molar-refractivity contribution in [1.82, 2.24) is 4.37 Å². The van der Waals surface area contributed by atoms with Crippen LogP contribution in [0.5, 0.6) is 0 Å². The Kier molecular flexibility index (Phi) is 1.61. The van der Waals surface area contributed by atoms with Crippen molar-refractivity contribution >= 4 is 44.2 Å². The van der Waals surface area contributed by atoms with Crippen molar-refractivity contribution in [3.05, 3.63) is 28.0 Å². The van der Waals surface area contributed by atoms with Crippen molar-refractivity contribution < 1.29 is 0 Å². The summed E-state index contributed by atoms with van der Waals surface area (Å²) in [5.74, 6) is 0. The van der Waals surface area contributed by atoms with E-state index in [1.54, 1.807) is 11.5 Å². The van der Waals surface area contributed by atoms with Gasteiger partial charge in [0, 0.05) is 15.2 Å². The molecule has 0 saturated heterocycles. The highest BCUT2D eigenvalue weighted by Gasteiger charge is 1.97. The Balaban J connectivity index is 2.95. The monoisotopic (exact) mass is 261 g/mol. The van der Waals surface area contributed by atoms with Crippen molar-refractivity contribution in [3.63, 3.8) is 0 Å². The van der Waals surface area contributed by atoms with Gasteiger partial charge in [-0.05, 0) is 46.3 Å². The highest BCUT2D eigenvalue weighted by atomic mass is 127. The number of hydrogen-bond donors (Lipinski definition) is 0. The molecule has 0 unspecified atom stereocenters. The third-order valence-electron chi connectivity index (χ3n) is 1.35. The molecule has 2 aromatic rings. The zero-order chi connectivity index (χ0) is 6.97. The van der Waals surface area contributed by atoms with Crippen LogP contribution in [0.3, 0.4) is 0 Å². The van der Waals surface area contributed by atoms with Gasteiger partial charge in [0.25, 0.3) is 0 Å². The number of halogens is 1. The molecule has 0 radical (unpaired) electrons. The van der Waals surface area contributed by atoms with E-state index in [0.717, 1.165) is 0 Å². The van der Waals surface area contributed by atoms with Crippen molar-refractivity contribution in [2.24, 2.45) is 0 Å². The van der Waals surface area contributed by atoms with E-state index in [-0.39, 0.29) is 0 Å². The van der Waals surface area contributed by atoms with Gasteiger partial charge in [-0.25, -0.2) is 0 Å². The molecule has 0 aliphatic heterocycles. The molecule has 0 saturated carbocycles. The first-order chi connectivity index (χ1) is 4.88. The van der Waals surface area contributed by atoms with E-state index in [1.165, 1.54) is 13.7 Å². The third kappa shape index (κ3) is 0.932. The Hall–Kier alpha value is -0.160. The molecular weight excluding hydrogens is 257 g/mol. The molecule has 0 aliphatic rings. The summed E-state index contributed by atoms with van der Waals surface area (Å²) in [6, 6.07) is 6.24. The predicted molar refractivity (Wildman–Crippen MR) is 52.3 cm³/mol. The molecular formula is C7H4INS. The van der Waals surface area contributed by atoms with Crippen molar-refractivity contribution in [2.45, 2.75) is 0 Å². The molecule has 0 aliphatic carbocycles. The third-order valence-corrected chi connectivity index (χ3v) is 3.05. The topological polar surface area (TPSA) is 12.9 Å². The minimum Gasteiger partial charge on any atom is -0.200 e. The molecule has 0 spiro atoms. The molecule has 50 valence electrons. The maximum absolute atomic E-state index is 4.10. The van der Waals surface area contributed by atoms with Gasteiger partial charge in [-0.2, -0.15) is 4.37 Å². The number of benzene rings is 1. The smallest absolute Gasteiger partial charge is 0.0560 e. The molecule has 10 heavy (non-hydrogen) atoms. The predicted octanol–water partition coefficient (Wildman–Crippen LogP) is 2.90. The average molecular weight is 261 g/mol. The molecule has 0 atom stereocenters. The summed E-state index contributed by atoms with van der Waals surface area (Å²) in [4.78, 5) is 0. The van der Waals surface area contributed by atoms with E-state index >= 15 is 0 Å². The van der Waals surface area contributed by atoms with E-state index in [4.69, 9.17) is 0 Å². The molecule has 1 aromatic heterocycles. The van der Waals surface area contributed by atoms with Crippen LogP contribution in [0.2, 0.25) is 0 Å². The molecule has 2 rings (SSSR count). The van der Waals surface area contributed by atoms with Crippen LogP contribution in [-0.2, 0) is 0 Å². The van der Waals surface area contributed by atoms with Gasteiger partial charge in [0.1, 0.15) is 0 Å². The lowest BCUT2D eigenvalue weighted by Gasteiger charge is -1.88. The van der Waals surface area contributed by atoms with Crippen LogP contribution in [-0.4, -0.2) is 4.37 Å². The van der Waals surface area contributed by atoms with E-state index in [1.807, 2.05) is 6.20 Å². The SMILES string of the molecule is Ic1cccc2sncc12. The molecule has 0 N–H and O–H groups in total. The van der Waals surface area contributed by atoms with E-state index in [2.05, 4.69) is 45.2 Å². The van der Waals surface area contributed by atoms with Gasteiger partial charge in [-0.1, -0.05) is 6.07 Å². The van der Waals surface area contributed by atoms with Gasteiger partial charge in [0.05, 0.1) is 4.70 Å². The van der Waals surface area contributed by atoms with Crippen LogP contribution in [0.25, 0.3) is 10.1 Å². The van der Waals surface area contributed by atoms with Crippen LogP contribution in [0, 0.1) is 3.57 Å². The van der Waals surface area contributed by atoms with Gasteiger partial charge >= 0.3 is 0 Å². The second kappa shape index (κ2) is 2.47. The minimum atomic E-state index is 1.27. The largest absolute Gasteiger partial charge is 0.200 e. The lowest BCUT2D eigenvalue weighted by molar-refractivity contribution is 1.60. The summed E-state index contributed by atoms with van der Waals surface area (Å²) in [5, 5.41) is 1.27. The first-order valence-corrected chi connectivity index (χ1v) is 4.72. The summed E-state index contributed by atoms with van der Waals surface area (Å²) in [5.41, 5.74) is 0. The fourth-order valence-corrected chi connectivity index (χ4v) is 2.35. The van der Waals surface area contributed by atoms with Crippen LogP contribution >= 0.6 is 34.1 Å². The maximum atomic E-state index is 4.10. The number of nitrogens with zero attached hydrogens (tertiary/aromatic N) is 1. The normalized spacial score (nSPS) is 10.5. The van der Waals surface area contributed by atoms with Crippen molar-refractivity contribution in [1.29, 1.82) is 0 Å². The highest BCUT2D eigenvalue weighted by molar-refractivity contribution is 14.1. The number of rotatable bonds is 0. The van der Waals surface area contributed by atoms with Crippen LogP contribution in [0.1, 0.15) is 0 Å². The zero-order valence-corrected chi connectivity index (χ0v) is 8.02. The van der Waals surface area contributed by atoms with Crippen molar-refractivity contribution in [2.75, 3.05) is 0 Å². The maximum Gasteiger partial charge on any atom is 0.0560 e. The van der Waals surface area contributed by atoms with Crippen LogP contribution < -0.4 is 0 Å². The Morgan fingerprint density at radius 2 is 2.30 bits per heavy atom. The average Bonchev–Trinajstić information content (AvgIpc) is 2.36. The standard InChI is InChI=1S/C7H4INS/c8-6-2-1-3-7-5(6)4-9-10-7/h1-4H. The molecule has 0 amide bonds. The lowest BCUT2D eigenvalue weighted by Crippen LogP contribution is -1.67. The minimum absolute atomic E-state index is 1.27. The fourth-order valence-electron chi connectivity index (χ4n) is 0.858. The first-order valence-electron chi connectivity index (χ1n) is 2.87. The molecule has 3 heteroatoms. The molecule has 0 bridgehead atoms. The first kappa shape index (κ1) is 6.54. The zero-order valence-electron chi connectivity index (χ0n) is 5.04. The number of hydrogen-bond acceptors (Lipinski definition) is 2. The quantitative estimate of drug-likeness (QED) is 0.664. The summed E-state index contributed by atoms with van der Waals surface area (Å²) in [7, 11) is 0. The summed E-state index contributed by atoms with van der Waals surface area (Å²) >= 11 is 3.87. The number of aromatic nitrogens is 1. The molecule has 1 aromatic carbocycles. The molecule has 0 fully saturated rings. The van der Waals surface area contributed by atoms with E-state index in [0.29, 0.717) is 0 Å². The second-order valence-corrected chi connectivity index (χ2v) is 3.97. The van der Waals surface area contributed by atoms with E-state index in [9.17, 15) is 0 Å². The number of fused-ring (bicyclic) bond motifs is 1. The Morgan fingerprint density at radius 1 is 1.40 bits per heavy atom. The van der Waals surface area contributed by atoms with E-state index < -0.39 is 0 Å². The summed E-state index contributed by atoms with van der Waals surface area (Å²) in [6.45, 7) is 0. The Labute approximate surface area is 76.4 Å². The van der Waals surface area contributed by atoms with Crippen molar-refractivity contribution in [3.8, 4) is 0 Å². The van der Waals surface area contributed by atoms with Gasteiger partial charge < -0.3 is 0 Å². The lowest BCUT2D eigenvalue weighted by atomic mass is 10.3. The molecule has 1 heterocycles. The molecule has 1 nitrogen and oxygen atoms in total. The van der Waals surface area contributed by atoms with Gasteiger partial charge in [-0.15, -0.1) is 0 Å². The Bertz CT molecular complexity index is 355. The van der Waals surface area contributed by atoms with Crippen LogP contribution in [0.4, 0.5) is 0 Å². The van der Waals surface area contributed by atoms with Gasteiger partial charge in [0.15, 0.2) is 0 Å². The van der Waals surface area contributed by atoms with Gasteiger partial charge in [-0.3, -0.25) is 0 Å². The van der Waals surface area contributed by atoms with Crippen LogP contribution in [0.15, 0.2) is 24.4 Å². The van der Waals surface area contributed by atoms with Gasteiger partial charge in [0.2, 0.25) is 0 Å².